The average Bonchev–Trinajstić information content (AvgIpc) is 3.50. The van der Waals surface area contributed by atoms with Gasteiger partial charge in [-0.3, -0.25) is 9.79 Å². The first kappa shape index (κ1) is 30.1. The van der Waals surface area contributed by atoms with Crippen LogP contribution in [0, 0.1) is 31.2 Å². The zero-order valence-electron chi connectivity index (χ0n) is 24.8. The highest BCUT2D eigenvalue weighted by Gasteiger charge is 2.36. The Morgan fingerprint density at radius 2 is 1.65 bits per heavy atom. The number of carbonyl (C=O) groups excluding carboxylic acids is 1. The topological polar surface area (TPSA) is 96.1 Å². The lowest BCUT2D eigenvalue weighted by Crippen LogP contribution is -2.37. The van der Waals surface area contributed by atoms with Gasteiger partial charge in [-0.25, -0.2) is 9.64 Å². The molecule has 5 rings (SSSR count). The molecule has 2 aromatic carbocycles. The minimum Gasteiger partial charge on any atom is -0.481 e. The molecule has 0 spiro atoms. The van der Waals surface area contributed by atoms with Crippen LogP contribution in [0.2, 0.25) is 0 Å². The summed E-state index contributed by atoms with van der Waals surface area (Å²) in [5.74, 6) is -0.417. The zero-order chi connectivity index (χ0) is 30.7. The monoisotopic (exact) mass is 593 g/mol. The highest BCUT2D eigenvalue weighted by atomic mass is 32.2. The van der Waals surface area contributed by atoms with Crippen molar-refractivity contribution < 1.29 is 19.4 Å². The summed E-state index contributed by atoms with van der Waals surface area (Å²) < 4.78 is 6.26. The Hall–Kier alpha value is -4.35. The minimum absolute atomic E-state index is 0.162. The number of hydrogen-bond acceptors (Lipinski definition) is 5. The number of ether oxygens (including phenoxy) is 1. The van der Waals surface area contributed by atoms with E-state index in [9.17, 15) is 14.7 Å². The number of esters is 1. The van der Waals surface area contributed by atoms with Crippen LogP contribution in [-0.4, -0.2) is 38.9 Å². The molecule has 1 aliphatic carbocycles. The minimum atomic E-state index is -0.985. The number of nitrogens with zero attached hydrogens (tertiary/aromatic N) is 2. The Balaban J connectivity index is 1.63. The summed E-state index contributed by atoms with van der Waals surface area (Å²) in [6, 6.07) is 19.2. The maximum absolute atomic E-state index is 13.9. The molecule has 220 valence electrons. The highest BCUT2D eigenvalue weighted by molar-refractivity contribution is 8.15. The van der Waals surface area contributed by atoms with Gasteiger partial charge in [0, 0.05) is 22.5 Å². The molecular weight excluding hydrogens is 558 g/mol. The molecule has 1 fully saturated rings. The SMILES string of the molecule is [C-]#[N+]C1=C(c2ccccc2)C(=Cc2[nH]c(C)c(C(=O)OC3C(C)CC(C)CC3C)c2-c2ccccc2)N=C1SCC(=O)O. The molecule has 2 heterocycles. The number of aromatic amines is 1. The van der Waals surface area contributed by atoms with Crippen LogP contribution in [0.5, 0.6) is 0 Å². The van der Waals surface area contributed by atoms with Gasteiger partial charge in [-0.15, -0.1) is 11.8 Å². The number of carbonyl (C=O) groups is 2. The molecule has 7 nitrogen and oxygen atoms in total. The van der Waals surface area contributed by atoms with Crippen LogP contribution in [0.4, 0.5) is 0 Å². The summed E-state index contributed by atoms with van der Waals surface area (Å²) in [5.41, 5.74) is 5.63. The Morgan fingerprint density at radius 1 is 1.05 bits per heavy atom. The van der Waals surface area contributed by atoms with Gasteiger partial charge in [0.2, 0.25) is 5.70 Å². The second-order valence-corrected chi connectivity index (χ2v) is 12.5. The fourth-order valence-corrected chi connectivity index (χ4v) is 7.15. The number of aryl methyl sites for hydroxylation is 1. The third-order valence-corrected chi connectivity index (χ3v) is 9.05. The van der Waals surface area contributed by atoms with E-state index in [1.807, 2.05) is 73.7 Å². The number of carboxylic acids is 1. The maximum Gasteiger partial charge on any atom is 0.340 e. The van der Waals surface area contributed by atoms with E-state index in [1.54, 1.807) is 0 Å². The van der Waals surface area contributed by atoms with Crippen molar-refractivity contribution in [2.75, 3.05) is 5.75 Å². The number of thioether (sulfide) groups is 1. The molecule has 2 N–H and O–H groups in total. The van der Waals surface area contributed by atoms with Crippen LogP contribution in [0.3, 0.4) is 0 Å². The predicted octanol–water partition coefficient (Wildman–Crippen LogP) is 8.12. The van der Waals surface area contributed by atoms with Crippen molar-refractivity contribution in [3.63, 3.8) is 0 Å². The number of hydrogen-bond donors (Lipinski definition) is 2. The molecule has 8 heteroatoms. The Labute approximate surface area is 256 Å². The second kappa shape index (κ2) is 12.9. The Bertz CT molecular complexity index is 1650. The number of benzene rings is 2. The summed E-state index contributed by atoms with van der Waals surface area (Å²) in [7, 11) is 0. The summed E-state index contributed by atoms with van der Waals surface area (Å²) in [6.45, 7) is 16.4. The second-order valence-electron chi connectivity index (χ2n) is 11.5. The molecule has 0 amide bonds. The standard InChI is InChI=1S/C35H35N3O4S/c1-20-16-21(2)33(22(3)17-20)42-35(41)29-23(4)37-26(30(29)24-12-8-6-9-13-24)18-27-31(25-14-10-7-11-15-25)32(36-5)34(38-27)43-19-28(39)40/h6-15,18,20-22,33,37H,16-17,19H2,1-4H3,(H,39,40). The van der Waals surface area contributed by atoms with Crippen molar-refractivity contribution in [3.05, 3.63) is 106 Å². The van der Waals surface area contributed by atoms with E-state index in [0.29, 0.717) is 50.4 Å². The van der Waals surface area contributed by atoms with Crippen LogP contribution < -0.4 is 0 Å². The average molecular weight is 594 g/mol. The molecule has 43 heavy (non-hydrogen) atoms. The van der Waals surface area contributed by atoms with Gasteiger partial charge in [-0.05, 0) is 54.7 Å². The van der Waals surface area contributed by atoms with Crippen molar-refractivity contribution in [1.82, 2.24) is 4.98 Å². The smallest absolute Gasteiger partial charge is 0.340 e. The van der Waals surface area contributed by atoms with Crippen LogP contribution in [-0.2, 0) is 9.53 Å². The quantitative estimate of drug-likeness (QED) is 0.213. The van der Waals surface area contributed by atoms with Crippen LogP contribution in [0.15, 0.2) is 77.1 Å². The summed E-state index contributed by atoms with van der Waals surface area (Å²) >= 11 is 1.02. The number of rotatable bonds is 7. The molecule has 0 saturated heterocycles. The first-order chi connectivity index (χ1) is 20.7. The summed E-state index contributed by atoms with van der Waals surface area (Å²) in [5, 5.41) is 9.66. The number of nitrogens with one attached hydrogen (secondary N) is 1. The van der Waals surface area contributed by atoms with Gasteiger partial charge in [-0.1, -0.05) is 81.4 Å². The maximum atomic E-state index is 13.9. The van der Waals surface area contributed by atoms with E-state index in [0.717, 1.165) is 35.7 Å². The van der Waals surface area contributed by atoms with Gasteiger partial charge >= 0.3 is 11.9 Å². The number of aliphatic imine (C=N–C) groups is 1. The number of allylic oxidation sites excluding steroid dienone is 1. The fraction of sp³-hybridized carbons (Fsp3) is 0.314. The van der Waals surface area contributed by atoms with Crippen LogP contribution in [0.25, 0.3) is 27.6 Å². The predicted molar refractivity (Wildman–Crippen MR) is 172 cm³/mol. The molecule has 3 aromatic rings. The van der Waals surface area contributed by atoms with Crippen molar-refractivity contribution in [2.45, 2.75) is 46.6 Å². The number of aliphatic carboxylic acids is 1. The van der Waals surface area contributed by atoms with E-state index in [-0.39, 0.29) is 29.7 Å². The van der Waals surface area contributed by atoms with Gasteiger partial charge in [0.05, 0.1) is 23.6 Å². The van der Waals surface area contributed by atoms with E-state index >= 15 is 0 Å². The largest absolute Gasteiger partial charge is 0.481 e. The Kier molecular flexibility index (Phi) is 9.02. The fourth-order valence-electron chi connectivity index (χ4n) is 6.44. The molecule has 0 bridgehead atoms. The lowest BCUT2D eigenvalue weighted by Gasteiger charge is -2.37. The van der Waals surface area contributed by atoms with Gasteiger partial charge < -0.3 is 14.8 Å². The van der Waals surface area contributed by atoms with E-state index in [2.05, 4.69) is 30.6 Å². The van der Waals surface area contributed by atoms with Crippen molar-refractivity contribution >= 4 is 40.4 Å². The van der Waals surface area contributed by atoms with Gasteiger partial charge in [-0.2, -0.15) is 0 Å². The summed E-state index contributed by atoms with van der Waals surface area (Å²) in [6.07, 6.45) is 3.73. The van der Waals surface area contributed by atoms with Gasteiger partial charge in [0.1, 0.15) is 11.1 Å². The number of carboxylic acid groups (broad SMARTS) is 1. The van der Waals surface area contributed by atoms with Gasteiger partial charge in [0.15, 0.2) is 0 Å². The molecule has 0 radical (unpaired) electrons. The third-order valence-electron chi connectivity index (χ3n) is 8.10. The lowest BCUT2D eigenvalue weighted by atomic mass is 9.75. The van der Waals surface area contributed by atoms with Crippen molar-refractivity contribution in [1.29, 1.82) is 0 Å². The molecule has 1 saturated carbocycles. The third kappa shape index (κ3) is 6.37. The highest BCUT2D eigenvalue weighted by Crippen LogP contribution is 2.41. The van der Waals surface area contributed by atoms with Crippen LogP contribution >= 0.6 is 11.8 Å². The molecule has 1 aromatic heterocycles. The first-order valence-electron chi connectivity index (χ1n) is 14.5. The molecule has 2 unspecified atom stereocenters. The van der Waals surface area contributed by atoms with Crippen molar-refractivity contribution in [3.8, 4) is 11.1 Å². The lowest BCUT2D eigenvalue weighted by molar-refractivity contribution is -0.133. The van der Waals surface area contributed by atoms with Crippen molar-refractivity contribution in [2.24, 2.45) is 22.7 Å². The van der Waals surface area contributed by atoms with E-state index in [4.69, 9.17) is 16.3 Å². The molecular formula is C35H35N3O4S. The normalized spacial score (nSPS) is 22.8. The first-order valence-corrected chi connectivity index (χ1v) is 15.5. The van der Waals surface area contributed by atoms with Crippen LogP contribution in [0.1, 0.15) is 60.9 Å². The van der Waals surface area contributed by atoms with E-state index < -0.39 is 5.97 Å². The Morgan fingerprint density at radius 3 is 2.23 bits per heavy atom. The molecule has 1 aliphatic heterocycles. The summed E-state index contributed by atoms with van der Waals surface area (Å²) in [4.78, 5) is 37.2. The number of H-pyrrole nitrogens is 1. The van der Waals surface area contributed by atoms with E-state index in [1.165, 1.54) is 0 Å². The molecule has 2 aliphatic rings. The molecule has 2 atom stereocenters. The van der Waals surface area contributed by atoms with Gasteiger partial charge in [0.25, 0.3) is 0 Å². The zero-order valence-corrected chi connectivity index (χ0v) is 25.6. The number of aromatic nitrogens is 1.